The van der Waals surface area contributed by atoms with E-state index in [0.29, 0.717) is 32.8 Å². The van der Waals surface area contributed by atoms with Gasteiger partial charge >= 0.3 is 0 Å². The predicted molar refractivity (Wildman–Crippen MR) is 132 cm³/mol. The lowest BCUT2D eigenvalue weighted by molar-refractivity contribution is 0.0919. The molecule has 2 heterocycles. The minimum atomic E-state index is -0.373. The van der Waals surface area contributed by atoms with Gasteiger partial charge in [-0.2, -0.15) is 5.10 Å². The second kappa shape index (κ2) is 10.2. The van der Waals surface area contributed by atoms with Crippen LogP contribution in [0.1, 0.15) is 48.2 Å². The summed E-state index contributed by atoms with van der Waals surface area (Å²) in [6.45, 7) is -0.373. The summed E-state index contributed by atoms with van der Waals surface area (Å²) in [6, 6.07) is 12.6. The summed E-state index contributed by atoms with van der Waals surface area (Å²) >= 11 is 12.6. The van der Waals surface area contributed by atoms with Gasteiger partial charge in [-0.25, -0.2) is 9.78 Å². The van der Waals surface area contributed by atoms with Crippen LogP contribution >= 0.6 is 23.2 Å². The number of carbonyl (C=O) groups is 1. The fourth-order valence-electron chi connectivity index (χ4n) is 4.47. The molecule has 180 valence electrons. The molecule has 0 atom stereocenters. The van der Waals surface area contributed by atoms with Gasteiger partial charge in [0, 0.05) is 27.8 Å². The Hall–Kier alpha value is -3.27. The van der Waals surface area contributed by atoms with Crippen LogP contribution in [0.5, 0.6) is 0 Å². The summed E-state index contributed by atoms with van der Waals surface area (Å²) < 4.78 is 1.59. The molecule has 0 bridgehead atoms. The van der Waals surface area contributed by atoms with Gasteiger partial charge in [-0.3, -0.25) is 4.79 Å². The zero-order valence-corrected chi connectivity index (χ0v) is 20.2. The van der Waals surface area contributed by atoms with Crippen molar-refractivity contribution in [2.24, 2.45) is 0 Å². The van der Waals surface area contributed by atoms with E-state index in [-0.39, 0.29) is 24.2 Å². The number of halogens is 2. The van der Waals surface area contributed by atoms with Crippen LogP contribution in [0.15, 0.2) is 42.5 Å². The molecule has 1 fully saturated rings. The van der Waals surface area contributed by atoms with Gasteiger partial charge < -0.3 is 10.4 Å². The minimum Gasteiger partial charge on any atom is -0.392 e. The van der Waals surface area contributed by atoms with Crippen LogP contribution in [0.25, 0.3) is 28.3 Å². The van der Waals surface area contributed by atoms with Crippen molar-refractivity contribution in [1.29, 1.82) is 0 Å². The number of aliphatic hydroxyl groups is 1. The smallest absolute Gasteiger partial charge is 0.272 e. The fourth-order valence-corrected chi connectivity index (χ4v) is 4.96. The summed E-state index contributed by atoms with van der Waals surface area (Å²) in [7, 11) is 0. The molecule has 1 saturated carbocycles. The second-order valence-corrected chi connectivity index (χ2v) is 9.32. The summed E-state index contributed by atoms with van der Waals surface area (Å²) in [5, 5.41) is 32.8. The molecule has 4 aromatic rings. The monoisotopic (exact) mass is 511 g/mol. The molecule has 0 radical (unpaired) electrons. The topological polar surface area (TPSA) is 122 Å². The molecule has 0 saturated heterocycles. The van der Waals surface area contributed by atoms with Crippen molar-refractivity contribution in [3.05, 3.63) is 63.8 Å². The first kappa shape index (κ1) is 23.5. The van der Waals surface area contributed by atoms with Crippen LogP contribution in [0.2, 0.25) is 10.0 Å². The van der Waals surface area contributed by atoms with E-state index in [2.05, 4.69) is 31.0 Å². The van der Waals surface area contributed by atoms with Gasteiger partial charge in [-0.05, 0) is 41.5 Å². The standard InChI is InChI=1S/C24H23Cl2N7O2/c25-16-10-11-20(19(26)12-16)33-22(14-6-8-15(9-7-14)23-28-31-32-29-23)18(13-34)21(30-33)24(35)27-17-4-2-1-3-5-17/h6-12,17,34H,1-5,13H2,(H,27,35)(H,28,29,31,32). The number of aliphatic hydroxyl groups excluding tert-OH is 1. The van der Waals surface area contributed by atoms with Gasteiger partial charge in [0.1, 0.15) is 0 Å². The molecule has 5 rings (SSSR count). The summed E-state index contributed by atoms with van der Waals surface area (Å²) in [5.41, 5.74) is 3.21. The molecule has 2 aromatic heterocycles. The van der Waals surface area contributed by atoms with E-state index in [0.717, 1.165) is 36.8 Å². The van der Waals surface area contributed by atoms with Crippen molar-refractivity contribution in [3.8, 4) is 28.3 Å². The minimum absolute atomic E-state index is 0.102. The first-order valence-corrected chi connectivity index (χ1v) is 12.1. The summed E-state index contributed by atoms with van der Waals surface area (Å²) in [6.07, 6.45) is 5.24. The number of rotatable bonds is 6. The van der Waals surface area contributed by atoms with E-state index in [4.69, 9.17) is 23.2 Å². The molecule has 1 amide bonds. The van der Waals surface area contributed by atoms with Gasteiger partial charge in [0.15, 0.2) is 11.5 Å². The number of nitrogens with zero attached hydrogens (tertiary/aromatic N) is 5. The Bertz CT molecular complexity index is 1330. The number of hydrogen-bond donors (Lipinski definition) is 3. The molecule has 9 nitrogen and oxygen atoms in total. The molecule has 1 aliphatic carbocycles. The highest BCUT2D eigenvalue weighted by atomic mass is 35.5. The third-order valence-electron chi connectivity index (χ3n) is 6.21. The third kappa shape index (κ3) is 4.80. The Morgan fingerprint density at radius 3 is 2.49 bits per heavy atom. The van der Waals surface area contributed by atoms with Crippen LogP contribution in [0, 0.1) is 0 Å². The number of aromatic amines is 1. The van der Waals surface area contributed by atoms with Crippen molar-refractivity contribution in [2.45, 2.75) is 44.8 Å². The number of benzene rings is 2. The summed E-state index contributed by atoms with van der Waals surface area (Å²) in [4.78, 5) is 13.3. The number of carbonyl (C=O) groups excluding carboxylic acids is 1. The molecular weight excluding hydrogens is 489 g/mol. The van der Waals surface area contributed by atoms with Crippen molar-refractivity contribution in [3.63, 3.8) is 0 Å². The number of aromatic nitrogens is 6. The zero-order valence-electron chi connectivity index (χ0n) is 18.7. The van der Waals surface area contributed by atoms with Crippen molar-refractivity contribution >= 4 is 29.1 Å². The Labute approximate surface area is 211 Å². The molecule has 0 unspecified atom stereocenters. The summed E-state index contributed by atoms with van der Waals surface area (Å²) in [5.74, 6) is 0.219. The Morgan fingerprint density at radius 1 is 1.09 bits per heavy atom. The van der Waals surface area contributed by atoms with Gasteiger partial charge in [-0.15, -0.1) is 5.10 Å². The normalized spacial score (nSPS) is 14.3. The number of amides is 1. The van der Waals surface area contributed by atoms with Crippen molar-refractivity contribution in [2.75, 3.05) is 0 Å². The van der Waals surface area contributed by atoms with E-state index in [1.807, 2.05) is 24.3 Å². The van der Waals surface area contributed by atoms with E-state index >= 15 is 0 Å². The Kier molecular flexibility index (Phi) is 6.81. The van der Waals surface area contributed by atoms with Crippen molar-refractivity contribution in [1.82, 2.24) is 35.7 Å². The van der Waals surface area contributed by atoms with E-state index in [1.54, 1.807) is 22.9 Å². The number of H-pyrrole nitrogens is 1. The highest BCUT2D eigenvalue weighted by Gasteiger charge is 2.27. The Balaban J connectivity index is 1.61. The van der Waals surface area contributed by atoms with Crippen LogP contribution in [-0.2, 0) is 6.61 Å². The lowest BCUT2D eigenvalue weighted by Crippen LogP contribution is -2.36. The van der Waals surface area contributed by atoms with Crippen LogP contribution < -0.4 is 5.32 Å². The molecule has 11 heteroatoms. The van der Waals surface area contributed by atoms with E-state index < -0.39 is 0 Å². The second-order valence-electron chi connectivity index (χ2n) is 8.48. The van der Waals surface area contributed by atoms with Crippen LogP contribution in [0.4, 0.5) is 0 Å². The highest BCUT2D eigenvalue weighted by molar-refractivity contribution is 6.35. The molecule has 2 aromatic carbocycles. The maximum absolute atomic E-state index is 13.3. The number of hydrogen-bond acceptors (Lipinski definition) is 6. The third-order valence-corrected chi connectivity index (χ3v) is 6.75. The first-order valence-electron chi connectivity index (χ1n) is 11.4. The van der Waals surface area contributed by atoms with Gasteiger partial charge in [0.05, 0.1) is 23.0 Å². The van der Waals surface area contributed by atoms with Crippen LogP contribution in [0.3, 0.4) is 0 Å². The fraction of sp³-hybridized carbons (Fsp3) is 0.292. The zero-order chi connectivity index (χ0) is 24.4. The van der Waals surface area contributed by atoms with E-state index in [1.165, 1.54) is 6.42 Å². The quantitative estimate of drug-likeness (QED) is 0.348. The predicted octanol–water partition coefficient (Wildman–Crippen LogP) is 4.58. The first-order chi connectivity index (χ1) is 17.0. The average Bonchev–Trinajstić information content (AvgIpc) is 3.53. The lowest BCUT2D eigenvalue weighted by atomic mass is 9.95. The average molecular weight is 512 g/mol. The Morgan fingerprint density at radius 2 is 1.83 bits per heavy atom. The molecular formula is C24H23Cl2N7O2. The maximum atomic E-state index is 13.3. The number of nitrogens with one attached hydrogen (secondary N) is 2. The largest absolute Gasteiger partial charge is 0.392 e. The number of tetrazole rings is 1. The molecule has 3 N–H and O–H groups in total. The van der Waals surface area contributed by atoms with Gasteiger partial charge in [0.25, 0.3) is 5.91 Å². The molecule has 35 heavy (non-hydrogen) atoms. The lowest BCUT2D eigenvalue weighted by Gasteiger charge is -2.22. The maximum Gasteiger partial charge on any atom is 0.272 e. The van der Waals surface area contributed by atoms with E-state index in [9.17, 15) is 9.90 Å². The molecule has 0 spiro atoms. The van der Waals surface area contributed by atoms with Gasteiger partial charge in [-0.1, -0.05) is 66.7 Å². The van der Waals surface area contributed by atoms with Crippen molar-refractivity contribution < 1.29 is 9.90 Å². The van der Waals surface area contributed by atoms with Crippen LogP contribution in [-0.4, -0.2) is 47.5 Å². The molecule has 1 aliphatic rings. The SMILES string of the molecule is O=C(NC1CCCCC1)c1nn(-c2ccc(Cl)cc2Cl)c(-c2ccc(-c3nnn[nH]3)cc2)c1CO. The highest BCUT2D eigenvalue weighted by Crippen LogP contribution is 2.34. The van der Waals surface area contributed by atoms with Gasteiger partial charge in [0.2, 0.25) is 0 Å². The molecule has 0 aliphatic heterocycles.